The summed E-state index contributed by atoms with van der Waals surface area (Å²) in [6.07, 6.45) is 0. The second kappa shape index (κ2) is 13.6. The summed E-state index contributed by atoms with van der Waals surface area (Å²) < 4.78 is 0. The standard InChI is InChI=1S/C63H52N4/c1-60(2)52-24-16-12-20-44(52)48-33-37(26-32-53(48)60)57-64-58(38-25-29-45-41-17-9-13-21-49(41)61(3,4)54(45)34-38)66-59(65-57)67(39-27-30-46-42-18-10-14-22-50(42)62(5,6)55(46)35-39)40-28-31-47-43-19-11-15-23-51(43)63(7,8)56(47)36-40/h9-36H,1-8H3. The predicted octanol–water partition coefficient (Wildman–Crippen LogP) is 15.9. The third-order valence-electron chi connectivity index (χ3n) is 16.2. The lowest BCUT2D eigenvalue weighted by atomic mass is 9.82. The molecule has 8 aromatic carbocycles. The van der Waals surface area contributed by atoms with Crippen LogP contribution in [0.2, 0.25) is 0 Å². The SMILES string of the molecule is CC1(C)c2ccccc2-c2cc(-c3nc(-c4ccc5c(c4)C(C)(C)c4ccccc4-5)nc(N(c4ccc5c(c4)C(C)(C)c4ccccc4-5)c4ccc5c(c4)C(C)(C)c4ccccc4-5)n3)ccc21. The molecule has 0 spiro atoms. The van der Waals surface area contributed by atoms with Crippen molar-refractivity contribution in [3.05, 3.63) is 214 Å². The quantitative estimate of drug-likeness (QED) is 0.173. The van der Waals surface area contributed by atoms with Gasteiger partial charge in [0.15, 0.2) is 11.6 Å². The lowest BCUT2D eigenvalue weighted by molar-refractivity contribution is 0.659. The van der Waals surface area contributed by atoms with Gasteiger partial charge in [0.1, 0.15) is 0 Å². The van der Waals surface area contributed by atoms with Crippen LogP contribution in [0.25, 0.3) is 67.3 Å². The van der Waals surface area contributed by atoms with Gasteiger partial charge in [0.2, 0.25) is 5.95 Å². The third kappa shape index (κ3) is 5.50. The zero-order chi connectivity index (χ0) is 45.8. The molecule has 1 heterocycles. The first kappa shape index (κ1) is 39.9. The minimum Gasteiger partial charge on any atom is -0.279 e. The second-order valence-corrected chi connectivity index (χ2v) is 21.3. The van der Waals surface area contributed by atoms with Crippen LogP contribution in [0.3, 0.4) is 0 Å². The van der Waals surface area contributed by atoms with Gasteiger partial charge in [0, 0.05) is 44.2 Å². The molecule has 0 fully saturated rings. The zero-order valence-corrected chi connectivity index (χ0v) is 39.5. The fraction of sp³-hybridized carbons (Fsp3) is 0.190. The average molecular weight is 865 g/mol. The Morgan fingerprint density at radius 2 is 0.612 bits per heavy atom. The molecule has 1 aromatic heterocycles. The maximum Gasteiger partial charge on any atom is 0.238 e. The predicted molar refractivity (Wildman–Crippen MR) is 276 cm³/mol. The van der Waals surface area contributed by atoms with E-state index in [1.807, 2.05) is 0 Å². The number of aromatic nitrogens is 3. The molecular formula is C63H52N4. The summed E-state index contributed by atoms with van der Waals surface area (Å²) in [5.74, 6) is 1.86. The van der Waals surface area contributed by atoms with Crippen LogP contribution in [0.4, 0.5) is 17.3 Å². The van der Waals surface area contributed by atoms with Gasteiger partial charge in [0.05, 0.1) is 0 Å². The van der Waals surface area contributed by atoms with Crippen LogP contribution in [0.5, 0.6) is 0 Å². The number of fused-ring (bicyclic) bond motifs is 12. The molecule has 0 N–H and O–H groups in total. The minimum absolute atomic E-state index is 0.118. The molecule has 9 aromatic rings. The van der Waals surface area contributed by atoms with Gasteiger partial charge in [-0.3, -0.25) is 4.90 Å². The highest BCUT2D eigenvalue weighted by Gasteiger charge is 2.40. The molecule has 0 unspecified atom stereocenters. The van der Waals surface area contributed by atoms with E-state index in [-0.39, 0.29) is 21.7 Å². The summed E-state index contributed by atoms with van der Waals surface area (Å²) in [7, 11) is 0. The molecule has 0 saturated heterocycles. The minimum atomic E-state index is -0.201. The molecule has 4 nitrogen and oxygen atoms in total. The first-order valence-corrected chi connectivity index (χ1v) is 23.8. The van der Waals surface area contributed by atoms with Crippen LogP contribution in [0, 0.1) is 0 Å². The molecule has 67 heavy (non-hydrogen) atoms. The average Bonchev–Trinajstić information content (AvgIpc) is 3.91. The maximum absolute atomic E-state index is 5.58. The van der Waals surface area contributed by atoms with Gasteiger partial charge < -0.3 is 0 Å². The van der Waals surface area contributed by atoms with Crippen molar-refractivity contribution < 1.29 is 0 Å². The van der Waals surface area contributed by atoms with Crippen molar-refractivity contribution in [2.24, 2.45) is 0 Å². The fourth-order valence-corrected chi connectivity index (χ4v) is 12.5. The van der Waals surface area contributed by atoms with Gasteiger partial charge in [-0.1, -0.05) is 189 Å². The van der Waals surface area contributed by atoms with E-state index in [1.54, 1.807) is 0 Å². The Balaban J connectivity index is 1.06. The number of rotatable bonds is 5. The maximum atomic E-state index is 5.58. The first-order valence-electron chi connectivity index (χ1n) is 23.8. The van der Waals surface area contributed by atoms with Crippen molar-refractivity contribution in [1.82, 2.24) is 15.0 Å². The van der Waals surface area contributed by atoms with Crippen LogP contribution in [0.15, 0.2) is 170 Å². The van der Waals surface area contributed by atoms with Gasteiger partial charge in [-0.2, -0.15) is 9.97 Å². The Labute approximate surface area is 394 Å². The zero-order valence-electron chi connectivity index (χ0n) is 39.5. The molecule has 0 aliphatic heterocycles. The number of benzene rings is 8. The van der Waals surface area contributed by atoms with Crippen molar-refractivity contribution in [3.8, 4) is 67.3 Å². The molecular weight excluding hydrogens is 813 g/mol. The van der Waals surface area contributed by atoms with E-state index in [0.29, 0.717) is 17.6 Å². The van der Waals surface area contributed by atoms with Gasteiger partial charge in [0.25, 0.3) is 0 Å². The number of anilines is 3. The van der Waals surface area contributed by atoms with E-state index < -0.39 is 0 Å². The molecule has 13 rings (SSSR count). The van der Waals surface area contributed by atoms with E-state index in [4.69, 9.17) is 15.0 Å². The third-order valence-corrected chi connectivity index (χ3v) is 16.2. The molecule has 0 saturated carbocycles. The summed E-state index contributed by atoms with van der Waals surface area (Å²) in [4.78, 5) is 18.9. The molecule has 0 atom stereocenters. The summed E-state index contributed by atoms with van der Waals surface area (Å²) in [5.41, 5.74) is 24.0. The highest BCUT2D eigenvalue weighted by Crippen LogP contribution is 2.55. The number of hydrogen-bond donors (Lipinski definition) is 0. The van der Waals surface area contributed by atoms with Crippen molar-refractivity contribution >= 4 is 17.3 Å². The number of hydrogen-bond acceptors (Lipinski definition) is 4. The molecule has 4 aliphatic carbocycles. The van der Waals surface area contributed by atoms with Crippen LogP contribution in [-0.4, -0.2) is 15.0 Å². The fourth-order valence-electron chi connectivity index (χ4n) is 12.5. The van der Waals surface area contributed by atoms with E-state index in [0.717, 1.165) is 22.5 Å². The normalized spacial score (nSPS) is 16.2. The summed E-state index contributed by atoms with van der Waals surface area (Å²) >= 11 is 0. The largest absolute Gasteiger partial charge is 0.279 e. The number of nitrogens with zero attached hydrogens (tertiary/aromatic N) is 4. The Kier molecular flexibility index (Phi) is 8.08. The van der Waals surface area contributed by atoms with Gasteiger partial charge in [-0.05, 0) is 125 Å². The molecule has 4 aliphatic rings. The highest BCUT2D eigenvalue weighted by molar-refractivity contribution is 5.89. The van der Waals surface area contributed by atoms with Crippen LogP contribution in [0.1, 0.15) is 99.9 Å². The molecule has 0 radical (unpaired) electrons. The monoisotopic (exact) mass is 864 g/mol. The smallest absolute Gasteiger partial charge is 0.238 e. The van der Waals surface area contributed by atoms with Crippen molar-refractivity contribution in [1.29, 1.82) is 0 Å². The summed E-state index contributed by atoms with van der Waals surface area (Å²) in [6.45, 7) is 18.7. The molecule has 324 valence electrons. The Bertz CT molecular complexity index is 3500. The van der Waals surface area contributed by atoms with E-state index in [1.165, 1.54) is 89.0 Å². The van der Waals surface area contributed by atoms with Crippen LogP contribution >= 0.6 is 0 Å². The molecule has 4 heteroatoms. The van der Waals surface area contributed by atoms with Crippen LogP contribution in [-0.2, 0) is 21.7 Å². The first-order chi connectivity index (χ1) is 32.2. The van der Waals surface area contributed by atoms with Gasteiger partial charge in [-0.15, -0.1) is 0 Å². The van der Waals surface area contributed by atoms with Crippen molar-refractivity contribution in [3.63, 3.8) is 0 Å². The highest BCUT2D eigenvalue weighted by atomic mass is 15.3. The van der Waals surface area contributed by atoms with Crippen LogP contribution < -0.4 is 4.90 Å². The van der Waals surface area contributed by atoms with E-state index in [9.17, 15) is 0 Å². The Morgan fingerprint density at radius 1 is 0.284 bits per heavy atom. The molecule has 0 bridgehead atoms. The second-order valence-electron chi connectivity index (χ2n) is 21.3. The van der Waals surface area contributed by atoms with E-state index in [2.05, 4.69) is 230 Å². The lowest BCUT2D eigenvalue weighted by Gasteiger charge is -2.28. The van der Waals surface area contributed by atoms with E-state index >= 15 is 0 Å². The van der Waals surface area contributed by atoms with Crippen molar-refractivity contribution in [2.45, 2.75) is 77.0 Å². The lowest BCUT2D eigenvalue weighted by Crippen LogP contribution is -2.19. The van der Waals surface area contributed by atoms with Crippen molar-refractivity contribution in [2.75, 3.05) is 4.90 Å². The molecule has 0 amide bonds. The topological polar surface area (TPSA) is 41.9 Å². The summed E-state index contributed by atoms with van der Waals surface area (Å²) in [6, 6.07) is 62.9. The Morgan fingerprint density at radius 3 is 1.07 bits per heavy atom. The summed E-state index contributed by atoms with van der Waals surface area (Å²) in [5, 5.41) is 0. The van der Waals surface area contributed by atoms with Gasteiger partial charge >= 0.3 is 0 Å². The van der Waals surface area contributed by atoms with Gasteiger partial charge in [-0.25, -0.2) is 4.98 Å². The Hall–Kier alpha value is -7.43.